The molecule has 2 aromatic carbocycles. The van der Waals surface area contributed by atoms with Gasteiger partial charge in [-0.3, -0.25) is 0 Å². The fraction of sp³-hybridized carbons (Fsp3) is 0.333. The van der Waals surface area contributed by atoms with E-state index in [1.54, 1.807) is 0 Å². The van der Waals surface area contributed by atoms with Gasteiger partial charge in [-0.1, -0.05) is 55.8 Å². The van der Waals surface area contributed by atoms with E-state index >= 15 is 0 Å². The van der Waals surface area contributed by atoms with Crippen molar-refractivity contribution in [2.45, 2.75) is 39.3 Å². The molecule has 0 bridgehead atoms. The zero-order valence-electron chi connectivity index (χ0n) is 12.7. The Bertz CT molecular complexity index is 593. The zero-order valence-corrected chi connectivity index (χ0v) is 15.0. The van der Waals surface area contributed by atoms with Crippen molar-refractivity contribution in [3.63, 3.8) is 0 Å². The first-order chi connectivity index (χ1) is 9.97. The Labute approximate surface area is 140 Å². The molecule has 1 N–H and O–H groups in total. The van der Waals surface area contributed by atoms with Crippen molar-refractivity contribution in [1.29, 1.82) is 0 Å². The van der Waals surface area contributed by atoms with Gasteiger partial charge in [-0.05, 0) is 57.6 Å². The van der Waals surface area contributed by atoms with Crippen molar-refractivity contribution in [3.05, 3.63) is 68.7 Å². The first-order valence-corrected chi connectivity index (χ1v) is 8.41. The van der Waals surface area contributed by atoms with Crippen LogP contribution >= 0.6 is 27.5 Å². The fourth-order valence-electron chi connectivity index (χ4n) is 2.21. The second-order valence-corrected chi connectivity index (χ2v) is 6.93. The van der Waals surface area contributed by atoms with E-state index in [9.17, 15) is 0 Å². The molecule has 0 saturated carbocycles. The van der Waals surface area contributed by atoms with Crippen LogP contribution < -0.4 is 5.32 Å². The lowest BCUT2D eigenvalue weighted by Crippen LogP contribution is -2.18. The minimum absolute atomic E-state index is 0.314. The summed E-state index contributed by atoms with van der Waals surface area (Å²) in [6, 6.07) is 15.2. The maximum Gasteiger partial charge on any atom is 0.0551 e. The van der Waals surface area contributed by atoms with E-state index in [0.29, 0.717) is 12.0 Å². The molecule has 21 heavy (non-hydrogen) atoms. The lowest BCUT2D eigenvalue weighted by molar-refractivity contribution is 0.574. The van der Waals surface area contributed by atoms with Gasteiger partial charge in [0.1, 0.15) is 0 Å². The first-order valence-electron chi connectivity index (χ1n) is 7.24. The molecule has 2 aromatic rings. The Morgan fingerprint density at radius 1 is 1.00 bits per heavy atom. The van der Waals surface area contributed by atoms with E-state index in [2.05, 4.69) is 72.3 Å². The monoisotopic (exact) mass is 365 g/mol. The van der Waals surface area contributed by atoms with Crippen LogP contribution in [0.3, 0.4) is 0 Å². The minimum atomic E-state index is 0.314. The molecular formula is C18H21BrClN. The molecular weight excluding hydrogens is 346 g/mol. The molecule has 2 rings (SSSR count). The number of benzene rings is 2. The number of rotatable bonds is 5. The lowest BCUT2D eigenvalue weighted by atomic mass is 9.99. The minimum Gasteiger partial charge on any atom is -0.306 e. The highest BCUT2D eigenvalue weighted by Crippen LogP contribution is 2.24. The Balaban J connectivity index is 1.97. The fourth-order valence-corrected chi connectivity index (χ4v) is 2.66. The van der Waals surface area contributed by atoms with Gasteiger partial charge in [-0.15, -0.1) is 0 Å². The van der Waals surface area contributed by atoms with Gasteiger partial charge in [-0.2, -0.15) is 0 Å². The van der Waals surface area contributed by atoms with Crippen LogP contribution in [-0.4, -0.2) is 0 Å². The van der Waals surface area contributed by atoms with Crippen molar-refractivity contribution in [2.24, 2.45) is 0 Å². The van der Waals surface area contributed by atoms with Crippen molar-refractivity contribution >= 4 is 27.5 Å². The van der Waals surface area contributed by atoms with Crippen LogP contribution in [0.25, 0.3) is 0 Å². The van der Waals surface area contributed by atoms with E-state index in [-0.39, 0.29) is 0 Å². The molecule has 0 amide bonds. The Kier molecular flexibility index (Phi) is 5.86. The first kappa shape index (κ1) is 16.5. The standard InChI is InChI=1S/C18H21BrClN/c1-12(2)15-5-7-16(8-6-15)13(3)21-11-14-4-9-17(19)18(20)10-14/h4-10,12-13,21H,11H2,1-3H3. The van der Waals surface area contributed by atoms with Crippen molar-refractivity contribution in [3.8, 4) is 0 Å². The van der Waals surface area contributed by atoms with Gasteiger partial charge in [0, 0.05) is 17.1 Å². The molecule has 0 aliphatic rings. The number of hydrogen-bond acceptors (Lipinski definition) is 1. The average molecular weight is 367 g/mol. The van der Waals surface area contributed by atoms with E-state index in [1.165, 1.54) is 16.7 Å². The van der Waals surface area contributed by atoms with Crippen LogP contribution in [0.5, 0.6) is 0 Å². The van der Waals surface area contributed by atoms with Gasteiger partial charge in [0.25, 0.3) is 0 Å². The molecule has 0 spiro atoms. The third-order valence-electron chi connectivity index (χ3n) is 3.70. The molecule has 0 heterocycles. The molecule has 112 valence electrons. The van der Waals surface area contributed by atoms with Crippen molar-refractivity contribution in [1.82, 2.24) is 5.32 Å². The summed E-state index contributed by atoms with van der Waals surface area (Å²) in [6.45, 7) is 7.42. The largest absolute Gasteiger partial charge is 0.306 e. The Hall–Kier alpha value is -0.830. The molecule has 0 fully saturated rings. The smallest absolute Gasteiger partial charge is 0.0551 e. The second-order valence-electron chi connectivity index (χ2n) is 5.67. The molecule has 0 aromatic heterocycles. The molecule has 0 aliphatic carbocycles. The Morgan fingerprint density at radius 2 is 1.62 bits per heavy atom. The summed E-state index contributed by atoms with van der Waals surface area (Å²) >= 11 is 9.53. The van der Waals surface area contributed by atoms with E-state index < -0.39 is 0 Å². The summed E-state index contributed by atoms with van der Waals surface area (Å²) in [4.78, 5) is 0. The van der Waals surface area contributed by atoms with E-state index in [4.69, 9.17) is 11.6 Å². The normalized spacial score (nSPS) is 12.7. The number of nitrogens with one attached hydrogen (secondary N) is 1. The molecule has 1 unspecified atom stereocenters. The summed E-state index contributed by atoms with van der Waals surface area (Å²) in [7, 11) is 0. The van der Waals surface area contributed by atoms with Crippen LogP contribution in [0.2, 0.25) is 5.02 Å². The molecule has 0 saturated heterocycles. The molecule has 0 aliphatic heterocycles. The highest BCUT2D eigenvalue weighted by Gasteiger charge is 2.07. The van der Waals surface area contributed by atoms with Gasteiger partial charge in [0.15, 0.2) is 0 Å². The predicted octanol–water partition coefficient (Wildman–Crippen LogP) is 6.08. The molecule has 1 nitrogen and oxygen atoms in total. The topological polar surface area (TPSA) is 12.0 Å². The maximum absolute atomic E-state index is 6.12. The van der Waals surface area contributed by atoms with Gasteiger partial charge in [0.2, 0.25) is 0 Å². The van der Waals surface area contributed by atoms with Crippen molar-refractivity contribution in [2.75, 3.05) is 0 Å². The molecule has 1 atom stereocenters. The summed E-state index contributed by atoms with van der Waals surface area (Å²) in [5.41, 5.74) is 3.88. The number of hydrogen-bond donors (Lipinski definition) is 1. The summed E-state index contributed by atoms with van der Waals surface area (Å²) in [6.07, 6.45) is 0. The number of halogens is 2. The third kappa shape index (κ3) is 4.57. The predicted molar refractivity (Wildman–Crippen MR) is 94.9 cm³/mol. The van der Waals surface area contributed by atoms with Crippen LogP contribution in [0, 0.1) is 0 Å². The van der Waals surface area contributed by atoms with Gasteiger partial charge >= 0.3 is 0 Å². The average Bonchev–Trinajstić information content (AvgIpc) is 2.48. The SMILES string of the molecule is CC(C)c1ccc(C(C)NCc2ccc(Br)c(Cl)c2)cc1. The highest BCUT2D eigenvalue weighted by molar-refractivity contribution is 9.10. The Morgan fingerprint density at radius 3 is 2.19 bits per heavy atom. The van der Waals surface area contributed by atoms with E-state index in [1.807, 2.05) is 12.1 Å². The van der Waals surface area contributed by atoms with E-state index in [0.717, 1.165) is 16.0 Å². The zero-order chi connectivity index (χ0) is 15.4. The van der Waals surface area contributed by atoms with Crippen LogP contribution in [0.4, 0.5) is 0 Å². The van der Waals surface area contributed by atoms with Crippen LogP contribution in [-0.2, 0) is 6.54 Å². The van der Waals surface area contributed by atoms with Crippen LogP contribution in [0.1, 0.15) is 49.4 Å². The molecule has 0 radical (unpaired) electrons. The summed E-state index contributed by atoms with van der Waals surface area (Å²) in [5, 5.41) is 4.29. The summed E-state index contributed by atoms with van der Waals surface area (Å²) < 4.78 is 0.935. The summed E-state index contributed by atoms with van der Waals surface area (Å²) in [5.74, 6) is 0.576. The van der Waals surface area contributed by atoms with Crippen LogP contribution in [0.15, 0.2) is 46.9 Å². The second kappa shape index (κ2) is 7.44. The quantitative estimate of drug-likeness (QED) is 0.676. The van der Waals surface area contributed by atoms with Gasteiger partial charge in [0.05, 0.1) is 5.02 Å². The highest BCUT2D eigenvalue weighted by atomic mass is 79.9. The molecule has 3 heteroatoms. The van der Waals surface area contributed by atoms with Crippen molar-refractivity contribution < 1.29 is 0 Å². The third-order valence-corrected chi connectivity index (χ3v) is 4.93. The lowest BCUT2D eigenvalue weighted by Gasteiger charge is -2.16. The maximum atomic E-state index is 6.12. The van der Waals surface area contributed by atoms with Gasteiger partial charge in [-0.25, -0.2) is 0 Å². The van der Waals surface area contributed by atoms with Gasteiger partial charge < -0.3 is 5.32 Å².